The van der Waals surface area contributed by atoms with Crippen LogP contribution in [0.15, 0.2) is 42.5 Å². The van der Waals surface area contributed by atoms with Crippen LogP contribution in [0.25, 0.3) is 0 Å². The third kappa shape index (κ3) is 4.33. The van der Waals surface area contributed by atoms with Crippen LogP contribution in [-0.2, 0) is 4.79 Å². The molecule has 5 heteroatoms. The highest BCUT2D eigenvalue weighted by atomic mass is 35.5. The van der Waals surface area contributed by atoms with Gasteiger partial charge in [-0.15, -0.1) is 0 Å². The molecule has 0 heterocycles. The summed E-state index contributed by atoms with van der Waals surface area (Å²) in [7, 11) is 1.60. The first-order valence-corrected chi connectivity index (χ1v) is 7.63. The van der Waals surface area contributed by atoms with Crippen LogP contribution in [0.2, 0.25) is 5.02 Å². The zero-order valence-corrected chi connectivity index (χ0v) is 14.1. The van der Waals surface area contributed by atoms with Gasteiger partial charge in [0.25, 0.3) is 5.91 Å². The number of likely N-dealkylation sites (N-methyl/N-ethyl adjacent to an activating group) is 1. The Kier molecular flexibility index (Phi) is 5.40. The third-order valence-electron chi connectivity index (χ3n) is 3.70. The summed E-state index contributed by atoms with van der Waals surface area (Å²) in [5, 5.41) is 3.41. The number of carbonyl (C=O) groups is 2. The number of aryl methyl sites for hydroxylation is 1. The standard InChI is InChI=1S/C18H19ClN2O2/c1-12-5-4-6-16(13(12)2)20-17(22)11-21(3)18(23)14-7-9-15(19)10-8-14/h4-10H,11H2,1-3H3,(H,20,22). The summed E-state index contributed by atoms with van der Waals surface area (Å²) in [4.78, 5) is 25.8. The van der Waals surface area contributed by atoms with Crippen LogP contribution in [0.3, 0.4) is 0 Å². The molecule has 2 rings (SSSR count). The van der Waals surface area contributed by atoms with E-state index in [-0.39, 0.29) is 18.4 Å². The van der Waals surface area contributed by atoms with Crippen molar-refractivity contribution in [3.8, 4) is 0 Å². The summed E-state index contributed by atoms with van der Waals surface area (Å²) < 4.78 is 0. The van der Waals surface area contributed by atoms with Gasteiger partial charge in [0.05, 0.1) is 6.54 Å². The maximum Gasteiger partial charge on any atom is 0.254 e. The van der Waals surface area contributed by atoms with E-state index < -0.39 is 0 Å². The molecule has 0 radical (unpaired) electrons. The first-order valence-electron chi connectivity index (χ1n) is 7.25. The van der Waals surface area contributed by atoms with Crippen LogP contribution < -0.4 is 5.32 Å². The van der Waals surface area contributed by atoms with Crippen molar-refractivity contribution in [2.45, 2.75) is 13.8 Å². The van der Waals surface area contributed by atoms with Gasteiger partial charge in [0.2, 0.25) is 5.91 Å². The minimum absolute atomic E-state index is 0.0190. The van der Waals surface area contributed by atoms with Crippen LogP contribution in [0.4, 0.5) is 5.69 Å². The Morgan fingerprint density at radius 1 is 1.09 bits per heavy atom. The fourth-order valence-electron chi connectivity index (χ4n) is 2.18. The number of nitrogens with one attached hydrogen (secondary N) is 1. The van der Waals surface area contributed by atoms with Gasteiger partial charge in [0, 0.05) is 23.3 Å². The van der Waals surface area contributed by atoms with Gasteiger partial charge in [-0.3, -0.25) is 9.59 Å². The molecular formula is C18H19ClN2O2. The van der Waals surface area contributed by atoms with E-state index in [0.717, 1.165) is 16.8 Å². The molecular weight excluding hydrogens is 312 g/mol. The molecule has 2 aromatic rings. The highest BCUT2D eigenvalue weighted by Gasteiger charge is 2.15. The van der Waals surface area contributed by atoms with Crippen molar-refractivity contribution in [2.24, 2.45) is 0 Å². The number of halogens is 1. The molecule has 0 fully saturated rings. The van der Waals surface area contributed by atoms with Gasteiger partial charge >= 0.3 is 0 Å². The van der Waals surface area contributed by atoms with E-state index in [0.29, 0.717) is 10.6 Å². The second kappa shape index (κ2) is 7.29. The molecule has 4 nitrogen and oxygen atoms in total. The average molecular weight is 331 g/mol. The molecule has 0 saturated heterocycles. The van der Waals surface area contributed by atoms with E-state index in [1.807, 2.05) is 32.0 Å². The van der Waals surface area contributed by atoms with Gasteiger partial charge in [-0.2, -0.15) is 0 Å². The molecule has 0 spiro atoms. The maximum atomic E-state index is 12.3. The molecule has 23 heavy (non-hydrogen) atoms. The number of hydrogen-bond acceptors (Lipinski definition) is 2. The van der Waals surface area contributed by atoms with Crippen molar-refractivity contribution in [3.63, 3.8) is 0 Å². The van der Waals surface area contributed by atoms with Crippen molar-refractivity contribution >= 4 is 29.1 Å². The summed E-state index contributed by atoms with van der Waals surface area (Å²) in [6, 6.07) is 12.3. The van der Waals surface area contributed by atoms with Crippen LogP contribution >= 0.6 is 11.6 Å². The molecule has 0 unspecified atom stereocenters. The normalized spacial score (nSPS) is 10.3. The Balaban J connectivity index is 2.00. The van der Waals surface area contributed by atoms with Gasteiger partial charge in [0.1, 0.15) is 0 Å². The largest absolute Gasteiger partial charge is 0.332 e. The summed E-state index contributed by atoms with van der Waals surface area (Å²) in [6.07, 6.45) is 0. The second-order valence-corrected chi connectivity index (χ2v) is 5.90. The minimum Gasteiger partial charge on any atom is -0.332 e. The molecule has 0 saturated carbocycles. The van der Waals surface area contributed by atoms with Crippen LogP contribution in [0, 0.1) is 13.8 Å². The Labute approximate surface area is 141 Å². The Bertz CT molecular complexity index is 726. The lowest BCUT2D eigenvalue weighted by Crippen LogP contribution is -2.35. The fourth-order valence-corrected chi connectivity index (χ4v) is 2.30. The van der Waals surface area contributed by atoms with Gasteiger partial charge in [-0.1, -0.05) is 23.7 Å². The Morgan fingerprint density at radius 3 is 2.39 bits per heavy atom. The van der Waals surface area contributed by atoms with E-state index in [1.54, 1.807) is 31.3 Å². The zero-order chi connectivity index (χ0) is 17.0. The van der Waals surface area contributed by atoms with E-state index in [9.17, 15) is 9.59 Å². The summed E-state index contributed by atoms with van der Waals surface area (Å²) in [5.74, 6) is -0.457. The third-order valence-corrected chi connectivity index (χ3v) is 3.95. The quantitative estimate of drug-likeness (QED) is 0.930. The van der Waals surface area contributed by atoms with E-state index >= 15 is 0 Å². The maximum absolute atomic E-state index is 12.3. The fraction of sp³-hybridized carbons (Fsp3) is 0.222. The van der Waals surface area contributed by atoms with Gasteiger partial charge < -0.3 is 10.2 Å². The van der Waals surface area contributed by atoms with Gasteiger partial charge in [-0.25, -0.2) is 0 Å². The lowest BCUT2D eigenvalue weighted by Gasteiger charge is -2.18. The van der Waals surface area contributed by atoms with Crippen LogP contribution in [0.5, 0.6) is 0 Å². The van der Waals surface area contributed by atoms with Crippen molar-refractivity contribution in [2.75, 3.05) is 18.9 Å². The molecule has 0 bridgehead atoms. The lowest BCUT2D eigenvalue weighted by atomic mass is 10.1. The SMILES string of the molecule is Cc1cccc(NC(=O)CN(C)C(=O)c2ccc(Cl)cc2)c1C. The number of hydrogen-bond donors (Lipinski definition) is 1. The summed E-state index contributed by atoms with van der Waals surface area (Å²) in [5.41, 5.74) is 3.39. The monoisotopic (exact) mass is 330 g/mol. The van der Waals surface area contributed by atoms with E-state index in [2.05, 4.69) is 5.32 Å². The number of anilines is 1. The zero-order valence-electron chi connectivity index (χ0n) is 13.4. The molecule has 1 N–H and O–H groups in total. The Morgan fingerprint density at radius 2 is 1.74 bits per heavy atom. The van der Waals surface area contributed by atoms with E-state index in [1.165, 1.54) is 4.90 Å². The number of carbonyl (C=O) groups excluding carboxylic acids is 2. The van der Waals surface area contributed by atoms with Gasteiger partial charge in [-0.05, 0) is 55.3 Å². The molecule has 2 amide bonds. The van der Waals surface area contributed by atoms with Crippen LogP contribution in [-0.4, -0.2) is 30.3 Å². The summed E-state index contributed by atoms with van der Waals surface area (Å²) in [6.45, 7) is 3.92. The van der Waals surface area contributed by atoms with E-state index in [4.69, 9.17) is 11.6 Å². The van der Waals surface area contributed by atoms with Crippen molar-refractivity contribution in [1.29, 1.82) is 0 Å². The van der Waals surface area contributed by atoms with Crippen molar-refractivity contribution in [3.05, 3.63) is 64.2 Å². The molecule has 120 valence electrons. The molecule has 0 aliphatic carbocycles. The predicted molar refractivity (Wildman–Crippen MR) is 93.0 cm³/mol. The number of amides is 2. The van der Waals surface area contributed by atoms with Crippen molar-refractivity contribution < 1.29 is 9.59 Å². The number of nitrogens with zero attached hydrogens (tertiary/aromatic N) is 1. The first-order chi connectivity index (χ1) is 10.9. The first kappa shape index (κ1) is 17.0. The highest BCUT2D eigenvalue weighted by molar-refractivity contribution is 6.30. The summed E-state index contributed by atoms with van der Waals surface area (Å²) >= 11 is 5.81. The second-order valence-electron chi connectivity index (χ2n) is 5.46. The molecule has 0 aliphatic heterocycles. The molecule has 2 aromatic carbocycles. The topological polar surface area (TPSA) is 49.4 Å². The Hall–Kier alpha value is -2.33. The molecule has 0 aliphatic rings. The lowest BCUT2D eigenvalue weighted by molar-refractivity contribution is -0.116. The molecule has 0 aromatic heterocycles. The molecule has 0 atom stereocenters. The highest BCUT2D eigenvalue weighted by Crippen LogP contribution is 2.18. The number of rotatable bonds is 4. The predicted octanol–water partition coefficient (Wildman–Crippen LogP) is 3.67. The number of benzene rings is 2. The van der Waals surface area contributed by atoms with Crippen LogP contribution in [0.1, 0.15) is 21.5 Å². The van der Waals surface area contributed by atoms with Crippen molar-refractivity contribution in [1.82, 2.24) is 4.90 Å². The average Bonchev–Trinajstić information content (AvgIpc) is 2.52. The van der Waals surface area contributed by atoms with Gasteiger partial charge in [0.15, 0.2) is 0 Å². The minimum atomic E-state index is -0.233. The smallest absolute Gasteiger partial charge is 0.254 e.